The molecule has 0 saturated carbocycles. The number of carboxylic acids is 1. The van der Waals surface area contributed by atoms with E-state index < -0.39 is 12.1 Å². The molecule has 24 heavy (non-hydrogen) atoms. The maximum absolute atomic E-state index is 11.3. The Morgan fingerprint density at radius 3 is 2.42 bits per heavy atom. The monoisotopic (exact) mass is 348 g/mol. The molecule has 0 aliphatic carbocycles. The fraction of sp³-hybridized carbons (Fsp3) is 0.316. The largest absolute Gasteiger partial charge is 0.478 e. The summed E-state index contributed by atoms with van der Waals surface area (Å²) in [6.07, 6.45) is 0.648. The van der Waals surface area contributed by atoms with E-state index in [1.165, 1.54) is 5.56 Å². The molecule has 0 amide bonds. The summed E-state index contributed by atoms with van der Waals surface area (Å²) in [5.41, 5.74) is 2.27. The molecule has 0 aromatic heterocycles. The van der Waals surface area contributed by atoms with Gasteiger partial charge in [-0.1, -0.05) is 41.4 Å². The SMILES string of the molecule is Cc1ccc(OC(COCCCc2ccc(Cl)cc2)C(=O)O)cc1. The minimum atomic E-state index is -1.03. The van der Waals surface area contributed by atoms with Crippen molar-refractivity contribution in [3.05, 3.63) is 64.7 Å². The molecule has 0 fully saturated rings. The van der Waals surface area contributed by atoms with E-state index in [-0.39, 0.29) is 6.61 Å². The lowest BCUT2D eigenvalue weighted by Gasteiger charge is -2.15. The summed E-state index contributed by atoms with van der Waals surface area (Å²) in [7, 11) is 0. The predicted molar refractivity (Wildman–Crippen MR) is 93.8 cm³/mol. The fourth-order valence-corrected chi connectivity index (χ4v) is 2.28. The van der Waals surface area contributed by atoms with E-state index in [0.29, 0.717) is 17.4 Å². The van der Waals surface area contributed by atoms with Gasteiger partial charge in [0, 0.05) is 11.6 Å². The van der Waals surface area contributed by atoms with E-state index in [2.05, 4.69) is 0 Å². The molecular formula is C19H21ClO4. The third-order valence-corrected chi connectivity index (χ3v) is 3.76. The van der Waals surface area contributed by atoms with Crippen LogP contribution in [-0.4, -0.2) is 30.4 Å². The maximum atomic E-state index is 11.3. The third kappa shape index (κ3) is 6.22. The molecular weight excluding hydrogens is 328 g/mol. The highest BCUT2D eigenvalue weighted by atomic mass is 35.5. The highest BCUT2D eigenvalue weighted by molar-refractivity contribution is 6.30. The van der Waals surface area contributed by atoms with Gasteiger partial charge in [0.25, 0.3) is 0 Å². The first kappa shape index (κ1) is 18.3. The molecule has 2 rings (SSSR count). The Morgan fingerprint density at radius 1 is 1.12 bits per heavy atom. The normalized spacial score (nSPS) is 11.9. The van der Waals surface area contributed by atoms with E-state index in [9.17, 15) is 9.90 Å². The molecule has 0 radical (unpaired) electrons. The van der Waals surface area contributed by atoms with Crippen LogP contribution < -0.4 is 4.74 Å². The summed E-state index contributed by atoms with van der Waals surface area (Å²) in [4.78, 5) is 11.3. The molecule has 0 aliphatic rings. The number of halogens is 1. The van der Waals surface area contributed by atoms with Gasteiger partial charge in [-0.2, -0.15) is 0 Å². The van der Waals surface area contributed by atoms with Gasteiger partial charge in [-0.15, -0.1) is 0 Å². The number of benzene rings is 2. The summed E-state index contributed by atoms with van der Waals surface area (Å²) in [6.45, 7) is 2.45. The lowest BCUT2D eigenvalue weighted by Crippen LogP contribution is -2.32. The summed E-state index contributed by atoms with van der Waals surface area (Å²) < 4.78 is 10.9. The van der Waals surface area contributed by atoms with E-state index >= 15 is 0 Å². The Morgan fingerprint density at radius 2 is 1.79 bits per heavy atom. The highest BCUT2D eigenvalue weighted by Gasteiger charge is 2.19. The van der Waals surface area contributed by atoms with Gasteiger partial charge in [-0.25, -0.2) is 4.79 Å². The second kappa shape index (κ2) is 9.30. The molecule has 0 aliphatic heterocycles. The van der Waals surface area contributed by atoms with Gasteiger partial charge >= 0.3 is 5.97 Å². The van der Waals surface area contributed by atoms with Crippen LogP contribution in [0.15, 0.2) is 48.5 Å². The first-order chi connectivity index (χ1) is 11.5. The van der Waals surface area contributed by atoms with Gasteiger partial charge < -0.3 is 14.6 Å². The Balaban J connectivity index is 1.72. The summed E-state index contributed by atoms with van der Waals surface area (Å²) in [6, 6.07) is 14.9. The Hall–Kier alpha value is -2.04. The Bertz CT molecular complexity index is 637. The van der Waals surface area contributed by atoms with Crippen LogP contribution in [0.4, 0.5) is 0 Å². The first-order valence-electron chi connectivity index (χ1n) is 7.83. The van der Waals surface area contributed by atoms with Crippen molar-refractivity contribution in [2.75, 3.05) is 13.2 Å². The maximum Gasteiger partial charge on any atom is 0.347 e. The van der Waals surface area contributed by atoms with E-state index in [1.54, 1.807) is 12.1 Å². The standard InChI is InChI=1S/C19H21ClO4/c1-14-4-10-17(11-5-14)24-18(19(21)22)13-23-12-2-3-15-6-8-16(20)9-7-15/h4-11,18H,2-3,12-13H2,1H3,(H,21,22). The molecule has 2 aromatic rings. The average molecular weight is 349 g/mol. The second-order valence-electron chi connectivity index (χ2n) is 5.56. The molecule has 0 saturated heterocycles. The number of ether oxygens (including phenoxy) is 2. The topological polar surface area (TPSA) is 55.8 Å². The molecule has 5 heteroatoms. The van der Waals surface area contributed by atoms with Crippen LogP contribution in [0.25, 0.3) is 0 Å². The number of carbonyl (C=O) groups is 1. The minimum Gasteiger partial charge on any atom is -0.478 e. The molecule has 2 aromatic carbocycles. The smallest absolute Gasteiger partial charge is 0.347 e. The third-order valence-electron chi connectivity index (χ3n) is 3.51. The van der Waals surface area contributed by atoms with E-state index in [0.717, 1.165) is 18.4 Å². The van der Waals surface area contributed by atoms with E-state index in [1.807, 2.05) is 43.3 Å². The van der Waals surface area contributed by atoms with Crippen molar-refractivity contribution < 1.29 is 19.4 Å². The van der Waals surface area contributed by atoms with Crippen LogP contribution in [0.5, 0.6) is 5.75 Å². The van der Waals surface area contributed by atoms with Gasteiger partial charge in [-0.05, 0) is 49.6 Å². The van der Waals surface area contributed by atoms with Gasteiger partial charge in [0.2, 0.25) is 6.10 Å². The van der Waals surface area contributed by atoms with Gasteiger partial charge in [-0.3, -0.25) is 0 Å². The van der Waals surface area contributed by atoms with Gasteiger partial charge in [0.05, 0.1) is 6.61 Å². The van der Waals surface area contributed by atoms with Crippen LogP contribution in [-0.2, 0) is 16.0 Å². The zero-order chi connectivity index (χ0) is 17.4. The fourth-order valence-electron chi connectivity index (χ4n) is 2.16. The van der Waals surface area contributed by atoms with Crippen molar-refractivity contribution in [3.63, 3.8) is 0 Å². The number of aryl methyl sites for hydroxylation is 2. The number of carboxylic acid groups (broad SMARTS) is 1. The van der Waals surface area contributed by atoms with Crippen molar-refractivity contribution in [1.82, 2.24) is 0 Å². The zero-order valence-electron chi connectivity index (χ0n) is 13.6. The van der Waals surface area contributed by atoms with Crippen molar-refractivity contribution in [1.29, 1.82) is 0 Å². The molecule has 128 valence electrons. The van der Waals surface area contributed by atoms with Crippen LogP contribution in [0.1, 0.15) is 17.5 Å². The Kier molecular flexibility index (Phi) is 7.09. The molecule has 0 bridgehead atoms. The summed E-state index contributed by atoms with van der Waals surface area (Å²) in [5, 5.41) is 9.95. The summed E-state index contributed by atoms with van der Waals surface area (Å²) in [5.74, 6) is -0.508. The molecule has 4 nitrogen and oxygen atoms in total. The van der Waals surface area contributed by atoms with Crippen molar-refractivity contribution >= 4 is 17.6 Å². The lowest BCUT2D eigenvalue weighted by atomic mass is 10.1. The second-order valence-corrected chi connectivity index (χ2v) is 6.00. The molecule has 0 heterocycles. The molecule has 1 atom stereocenters. The molecule has 1 N–H and O–H groups in total. The van der Waals surface area contributed by atoms with Gasteiger partial charge in [0.15, 0.2) is 0 Å². The molecule has 1 unspecified atom stereocenters. The zero-order valence-corrected chi connectivity index (χ0v) is 14.3. The van der Waals surface area contributed by atoms with Crippen LogP contribution in [0.3, 0.4) is 0 Å². The van der Waals surface area contributed by atoms with Crippen molar-refractivity contribution in [3.8, 4) is 5.75 Å². The Labute approximate surface area is 147 Å². The quantitative estimate of drug-likeness (QED) is 0.692. The highest BCUT2D eigenvalue weighted by Crippen LogP contribution is 2.14. The lowest BCUT2D eigenvalue weighted by molar-refractivity contribution is -0.148. The van der Waals surface area contributed by atoms with Crippen LogP contribution in [0, 0.1) is 6.92 Å². The average Bonchev–Trinajstić information content (AvgIpc) is 2.57. The number of rotatable bonds is 9. The number of hydrogen-bond donors (Lipinski definition) is 1. The minimum absolute atomic E-state index is 0.0177. The predicted octanol–water partition coefficient (Wildman–Crippen LogP) is 4.13. The molecule has 0 spiro atoms. The van der Waals surface area contributed by atoms with E-state index in [4.69, 9.17) is 21.1 Å². The van der Waals surface area contributed by atoms with Crippen LogP contribution in [0.2, 0.25) is 5.02 Å². The van der Waals surface area contributed by atoms with Crippen molar-refractivity contribution in [2.45, 2.75) is 25.9 Å². The first-order valence-corrected chi connectivity index (χ1v) is 8.21. The number of hydrogen-bond acceptors (Lipinski definition) is 3. The van der Waals surface area contributed by atoms with Gasteiger partial charge in [0.1, 0.15) is 5.75 Å². The van der Waals surface area contributed by atoms with Crippen molar-refractivity contribution in [2.24, 2.45) is 0 Å². The number of aliphatic carboxylic acids is 1. The van der Waals surface area contributed by atoms with Crippen LogP contribution >= 0.6 is 11.6 Å². The summed E-state index contributed by atoms with van der Waals surface area (Å²) >= 11 is 5.84.